The zero-order valence-electron chi connectivity index (χ0n) is 20.7. The number of rotatable bonds is 6. The summed E-state index contributed by atoms with van der Waals surface area (Å²) in [6.45, 7) is 9.17. The molecule has 1 atom stereocenters. The second-order valence-electron chi connectivity index (χ2n) is 8.74. The number of hydrogen-bond donors (Lipinski definition) is 1. The predicted octanol–water partition coefficient (Wildman–Crippen LogP) is 4.75. The minimum Gasteiger partial charge on any atom is -0.338 e. The number of aryl methyl sites for hydroxylation is 2. The number of alkyl halides is 3. The lowest BCUT2D eigenvalue weighted by Gasteiger charge is -2.34. The highest BCUT2D eigenvalue weighted by Gasteiger charge is 2.38. The van der Waals surface area contributed by atoms with Gasteiger partial charge in [0.05, 0.1) is 40.5 Å². The summed E-state index contributed by atoms with van der Waals surface area (Å²) in [7, 11) is -2.32. The number of nitrogens with one attached hydrogen (secondary N) is 1. The number of anilines is 1. The van der Waals surface area contributed by atoms with Crippen molar-refractivity contribution in [1.29, 1.82) is 5.26 Å². The molecule has 200 valence electrons. The Morgan fingerprint density at radius 1 is 1.23 bits per heavy atom. The van der Waals surface area contributed by atoms with Crippen LogP contribution in [-0.4, -0.2) is 29.8 Å². The van der Waals surface area contributed by atoms with Crippen molar-refractivity contribution >= 4 is 21.6 Å². The number of hydrogen-bond acceptors (Lipinski definition) is 5. The molecule has 1 aromatic heterocycles. The molecule has 1 aliphatic rings. The van der Waals surface area contributed by atoms with Crippen LogP contribution >= 0.6 is 0 Å². The van der Waals surface area contributed by atoms with Crippen LogP contribution in [0.15, 0.2) is 71.1 Å². The van der Waals surface area contributed by atoms with Crippen molar-refractivity contribution in [1.82, 2.24) is 14.9 Å². The summed E-state index contributed by atoms with van der Waals surface area (Å²) in [6, 6.07) is 7.85. The maximum atomic E-state index is 13.5. The quantitative estimate of drug-likeness (QED) is 0.442. The van der Waals surface area contributed by atoms with E-state index in [1.807, 2.05) is 6.07 Å². The maximum absolute atomic E-state index is 13.5. The van der Waals surface area contributed by atoms with Crippen molar-refractivity contribution in [2.75, 3.05) is 10.7 Å². The molecule has 2 aromatic carbocycles. The molecule has 9 nitrogen and oxygen atoms in total. The molecule has 0 saturated carbocycles. The number of allylic oxidation sites excluding steroid dienone is 1. The normalized spacial score (nSPS) is 16.0. The molecule has 0 aliphatic carbocycles. The smallest absolute Gasteiger partial charge is 0.338 e. The fourth-order valence-corrected chi connectivity index (χ4v) is 5.84. The maximum Gasteiger partial charge on any atom is 0.416 e. The largest absolute Gasteiger partial charge is 0.416 e. The van der Waals surface area contributed by atoms with Gasteiger partial charge >= 0.3 is 12.2 Å². The number of carbonyl (C=O) groups excluding carboxylic acids is 1. The van der Waals surface area contributed by atoms with E-state index in [4.69, 9.17) is 6.57 Å². The summed E-state index contributed by atoms with van der Waals surface area (Å²) in [5, 5.41) is 12.0. The van der Waals surface area contributed by atoms with Gasteiger partial charge in [0.25, 0.3) is 0 Å². The monoisotopic (exact) mass is 554 g/mol. The van der Waals surface area contributed by atoms with Gasteiger partial charge in [-0.3, -0.25) is 4.90 Å². The van der Waals surface area contributed by atoms with Gasteiger partial charge in [-0.05, 0) is 42.8 Å². The van der Waals surface area contributed by atoms with E-state index in [0.29, 0.717) is 5.82 Å². The van der Waals surface area contributed by atoms with Gasteiger partial charge in [0.15, 0.2) is 9.84 Å². The van der Waals surface area contributed by atoms with Crippen LogP contribution in [-0.2, 0) is 29.5 Å². The molecule has 3 aromatic rings. The fraction of sp³-hybridized carbons (Fsp3) is 0.231. The Morgan fingerprint density at radius 3 is 2.59 bits per heavy atom. The fourth-order valence-electron chi connectivity index (χ4n) is 4.32. The average molecular weight is 555 g/mol. The first-order valence-electron chi connectivity index (χ1n) is 11.5. The number of imidazole rings is 1. The van der Waals surface area contributed by atoms with E-state index >= 15 is 0 Å². The summed E-state index contributed by atoms with van der Waals surface area (Å²) in [5.41, 5.74) is -0.998. The molecule has 1 N–H and O–H groups in total. The molecule has 0 unspecified atom stereocenters. The number of carbonyl (C=O) groups is 1. The van der Waals surface area contributed by atoms with Gasteiger partial charge in [0.2, 0.25) is 5.70 Å². The highest BCUT2D eigenvalue weighted by atomic mass is 32.2. The summed E-state index contributed by atoms with van der Waals surface area (Å²) in [4.78, 5) is 21.5. The van der Waals surface area contributed by atoms with Gasteiger partial charge in [0, 0.05) is 37.2 Å². The molecule has 39 heavy (non-hydrogen) atoms. The standard InChI is InChI=1S/C26H21F3N6O3S/c1-16-23(31-2)24(33-25(36)35(16)19-6-4-5-18(14-19)26(27,28)29)20-8-7-17(15-30)13-21(20)39(37,38)12-9-22-32-10-11-34(22)3/h4-8,10-11,13-14,24H,9,12H2,1,3H3,(H,33,36)/t24-/m1/s1. The second kappa shape index (κ2) is 10.3. The van der Waals surface area contributed by atoms with Crippen LogP contribution in [0.2, 0.25) is 0 Å². The van der Waals surface area contributed by atoms with Gasteiger partial charge in [-0.1, -0.05) is 12.1 Å². The first-order valence-corrected chi connectivity index (χ1v) is 13.1. The number of benzene rings is 2. The molecule has 2 amide bonds. The van der Waals surface area contributed by atoms with Crippen molar-refractivity contribution in [3.8, 4) is 6.07 Å². The Labute approximate surface area is 222 Å². The molecule has 13 heteroatoms. The number of nitrogens with zero attached hydrogens (tertiary/aromatic N) is 5. The first kappa shape index (κ1) is 27.4. The van der Waals surface area contributed by atoms with Crippen molar-refractivity contribution in [3.63, 3.8) is 0 Å². The van der Waals surface area contributed by atoms with Crippen molar-refractivity contribution in [2.45, 2.75) is 30.5 Å². The SMILES string of the molecule is [C-]#[N+]C1=C(C)N(c2cccc(C(F)(F)F)c2)C(=O)N[C@@H]1c1ccc(C#N)cc1S(=O)(=O)CCc1nccn1C. The van der Waals surface area contributed by atoms with Crippen LogP contribution in [0.3, 0.4) is 0 Å². The van der Waals surface area contributed by atoms with E-state index in [0.717, 1.165) is 23.1 Å². The average Bonchev–Trinajstić information content (AvgIpc) is 3.31. The lowest BCUT2D eigenvalue weighted by Crippen LogP contribution is -2.46. The third-order valence-electron chi connectivity index (χ3n) is 6.31. The lowest BCUT2D eigenvalue weighted by molar-refractivity contribution is -0.137. The molecule has 0 bridgehead atoms. The summed E-state index contributed by atoms with van der Waals surface area (Å²) in [6.07, 6.45) is -1.36. The van der Waals surface area contributed by atoms with Gasteiger partial charge in [-0.2, -0.15) is 18.4 Å². The Bertz CT molecular complexity index is 1680. The lowest BCUT2D eigenvalue weighted by atomic mass is 9.99. The van der Waals surface area contributed by atoms with Crippen molar-refractivity contribution in [3.05, 3.63) is 100 Å². The number of halogens is 3. The molecule has 0 radical (unpaired) electrons. The third kappa shape index (κ3) is 5.35. The molecule has 1 aliphatic heterocycles. The summed E-state index contributed by atoms with van der Waals surface area (Å²) < 4.78 is 68.5. The van der Waals surface area contributed by atoms with Crippen LogP contribution in [0.1, 0.15) is 35.5 Å². The van der Waals surface area contributed by atoms with E-state index < -0.39 is 33.6 Å². The summed E-state index contributed by atoms with van der Waals surface area (Å²) in [5.74, 6) is 0.171. The Balaban J connectivity index is 1.79. The van der Waals surface area contributed by atoms with E-state index in [1.165, 1.54) is 37.4 Å². The van der Waals surface area contributed by atoms with Crippen molar-refractivity contribution in [2.24, 2.45) is 7.05 Å². The van der Waals surface area contributed by atoms with E-state index in [2.05, 4.69) is 15.1 Å². The van der Waals surface area contributed by atoms with Gasteiger partial charge in [0.1, 0.15) is 5.82 Å². The number of nitriles is 1. The van der Waals surface area contributed by atoms with Crippen LogP contribution < -0.4 is 10.2 Å². The van der Waals surface area contributed by atoms with Crippen LogP contribution in [0.5, 0.6) is 0 Å². The number of amides is 2. The molecular formula is C26H21F3N6O3S. The minimum atomic E-state index is -4.65. The summed E-state index contributed by atoms with van der Waals surface area (Å²) >= 11 is 0. The third-order valence-corrected chi connectivity index (χ3v) is 8.07. The Kier molecular flexibility index (Phi) is 7.22. The number of sulfone groups is 1. The van der Waals surface area contributed by atoms with Crippen molar-refractivity contribution < 1.29 is 26.4 Å². The number of urea groups is 1. The minimum absolute atomic E-state index is 0.0405. The molecule has 0 spiro atoms. The van der Waals surface area contributed by atoms with Gasteiger partial charge in [-0.15, -0.1) is 0 Å². The van der Waals surface area contributed by atoms with E-state index in [1.54, 1.807) is 17.8 Å². The first-order chi connectivity index (χ1) is 18.4. The topological polar surface area (TPSA) is 112 Å². The highest BCUT2D eigenvalue weighted by molar-refractivity contribution is 7.91. The zero-order valence-corrected chi connectivity index (χ0v) is 21.5. The Hall–Kier alpha value is -4.62. The molecular weight excluding hydrogens is 533 g/mol. The molecule has 4 rings (SSSR count). The Morgan fingerprint density at radius 2 is 1.97 bits per heavy atom. The molecule has 0 saturated heterocycles. The molecule has 0 fully saturated rings. The van der Waals surface area contributed by atoms with Crippen LogP contribution in [0.25, 0.3) is 4.85 Å². The zero-order chi connectivity index (χ0) is 28.5. The van der Waals surface area contributed by atoms with E-state index in [9.17, 15) is 31.6 Å². The van der Waals surface area contributed by atoms with Gasteiger partial charge in [-0.25, -0.2) is 23.0 Å². The highest BCUT2D eigenvalue weighted by Crippen LogP contribution is 2.38. The number of aromatic nitrogens is 2. The molecule has 2 heterocycles. The van der Waals surface area contributed by atoms with Crippen LogP contribution in [0, 0.1) is 17.9 Å². The predicted molar refractivity (Wildman–Crippen MR) is 135 cm³/mol. The van der Waals surface area contributed by atoms with Gasteiger partial charge < -0.3 is 9.88 Å². The van der Waals surface area contributed by atoms with Crippen LogP contribution in [0.4, 0.5) is 23.7 Å². The second-order valence-corrected chi connectivity index (χ2v) is 10.8. The van der Waals surface area contributed by atoms with E-state index in [-0.39, 0.29) is 45.3 Å².